The van der Waals surface area contributed by atoms with Crippen molar-refractivity contribution in [2.45, 2.75) is 18.6 Å². The standard InChI is InChI=1S/C25H23FN4O2S/c1-2-32-20-14-12-19(13-15-20)24-28-29-25(30(24)22-11-7-6-10-21(22)26)33-17-23(31)27-16-18-8-4-3-5-9-18/h3-15H,2,16-17H2,1H3,(H,27,31). The smallest absolute Gasteiger partial charge is 0.230 e. The lowest BCUT2D eigenvalue weighted by Gasteiger charge is -2.12. The molecule has 0 unspecified atom stereocenters. The maximum absolute atomic E-state index is 14.7. The first-order valence-corrected chi connectivity index (χ1v) is 11.5. The first kappa shape index (κ1) is 22.5. The molecule has 4 rings (SSSR count). The van der Waals surface area contributed by atoms with E-state index in [-0.39, 0.29) is 11.7 Å². The number of rotatable bonds is 9. The highest BCUT2D eigenvalue weighted by molar-refractivity contribution is 7.99. The molecule has 0 aliphatic rings. The molecule has 33 heavy (non-hydrogen) atoms. The maximum atomic E-state index is 14.7. The summed E-state index contributed by atoms with van der Waals surface area (Å²) in [6.07, 6.45) is 0. The second-order valence-corrected chi connectivity index (χ2v) is 8.04. The van der Waals surface area contributed by atoms with E-state index in [1.165, 1.54) is 17.8 Å². The van der Waals surface area contributed by atoms with Gasteiger partial charge in [0, 0.05) is 12.1 Å². The third-order valence-corrected chi connectivity index (χ3v) is 5.74. The zero-order valence-electron chi connectivity index (χ0n) is 18.1. The number of thioether (sulfide) groups is 1. The molecule has 8 heteroatoms. The number of aromatic nitrogens is 3. The van der Waals surface area contributed by atoms with E-state index in [0.717, 1.165) is 16.9 Å². The first-order chi connectivity index (χ1) is 16.2. The second-order valence-electron chi connectivity index (χ2n) is 7.10. The molecule has 1 heterocycles. The van der Waals surface area contributed by atoms with Gasteiger partial charge in [-0.05, 0) is 48.9 Å². The third-order valence-electron chi connectivity index (χ3n) is 4.82. The number of hydrogen-bond acceptors (Lipinski definition) is 5. The van der Waals surface area contributed by atoms with Gasteiger partial charge in [-0.1, -0.05) is 54.2 Å². The summed E-state index contributed by atoms with van der Waals surface area (Å²) in [6.45, 7) is 2.93. The summed E-state index contributed by atoms with van der Waals surface area (Å²) >= 11 is 1.21. The number of ether oxygens (including phenoxy) is 1. The van der Waals surface area contributed by atoms with Gasteiger partial charge in [-0.25, -0.2) is 4.39 Å². The quantitative estimate of drug-likeness (QED) is 0.359. The summed E-state index contributed by atoms with van der Waals surface area (Å²) in [5.74, 6) is 0.801. The van der Waals surface area contributed by atoms with E-state index in [2.05, 4.69) is 15.5 Å². The molecule has 1 amide bonds. The van der Waals surface area contributed by atoms with Crippen LogP contribution in [0, 0.1) is 5.82 Å². The summed E-state index contributed by atoms with van der Waals surface area (Å²) in [5.41, 5.74) is 2.09. The highest BCUT2D eigenvalue weighted by atomic mass is 32.2. The average molecular weight is 463 g/mol. The number of halogens is 1. The third kappa shape index (κ3) is 5.59. The lowest BCUT2D eigenvalue weighted by molar-refractivity contribution is -0.118. The number of amides is 1. The summed E-state index contributed by atoms with van der Waals surface area (Å²) < 4.78 is 21.9. The van der Waals surface area contributed by atoms with Gasteiger partial charge < -0.3 is 10.1 Å². The normalized spacial score (nSPS) is 10.7. The number of nitrogens with one attached hydrogen (secondary N) is 1. The van der Waals surface area contributed by atoms with Crippen LogP contribution < -0.4 is 10.1 Å². The van der Waals surface area contributed by atoms with Crippen molar-refractivity contribution in [1.82, 2.24) is 20.1 Å². The van der Waals surface area contributed by atoms with Gasteiger partial charge in [-0.15, -0.1) is 10.2 Å². The van der Waals surface area contributed by atoms with Crippen molar-refractivity contribution in [2.24, 2.45) is 0 Å². The highest BCUT2D eigenvalue weighted by Gasteiger charge is 2.19. The second kappa shape index (κ2) is 10.8. The van der Waals surface area contributed by atoms with E-state index in [1.54, 1.807) is 22.8 Å². The Morgan fingerprint density at radius 2 is 1.73 bits per heavy atom. The van der Waals surface area contributed by atoms with Crippen molar-refractivity contribution in [3.63, 3.8) is 0 Å². The molecule has 1 aromatic heterocycles. The van der Waals surface area contributed by atoms with Crippen LogP contribution in [0.4, 0.5) is 4.39 Å². The minimum absolute atomic E-state index is 0.128. The van der Waals surface area contributed by atoms with Crippen molar-refractivity contribution in [2.75, 3.05) is 12.4 Å². The van der Waals surface area contributed by atoms with E-state index in [4.69, 9.17) is 4.74 Å². The Bertz CT molecular complexity index is 1210. The van der Waals surface area contributed by atoms with Gasteiger partial charge in [0.1, 0.15) is 11.6 Å². The first-order valence-electron chi connectivity index (χ1n) is 10.5. The monoisotopic (exact) mass is 462 g/mol. The van der Waals surface area contributed by atoms with Crippen molar-refractivity contribution in [1.29, 1.82) is 0 Å². The van der Waals surface area contributed by atoms with E-state index in [9.17, 15) is 9.18 Å². The number of benzene rings is 3. The fourth-order valence-electron chi connectivity index (χ4n) is 3.25. The molecule has 0 spiro atoms. The van der Waals surface area contributed by atoms with Gasteiger partial charge in [-0.2, -0.15) is 0 Å². The predicted octanol–water partition coefficient (Wildman–Crippen LogP) is 4.88. The maximum Gasteiger partial charge on any atom is 0.230 e. The molecule has 4 aromatic rings. The van der Waals surface area contributed by atoms with Crippen molar-refractivity contribution in [3.05, 3.63) is 90.2 Å². The van der Waals surface area contributed by atoms with Crippen LogP contribution in [0.1, 0.15) is 12.5 Å². The molecule has 0 fully saturated rings. The van der Waals surface area contributed by atoms with Crippen LogP contribution in [-0.2, 0) is 11.3 Å². The van der Waals surface area contributed by atoms with Crippen LogP contribution in [0.2, 0.25) is 0 Å². The van der Waals surface area contributed by atoms with Crippen molar-refractivity contribution in [3.8, 4) is 22.8 Å². The molecular weight excluding hydrogens is 439 g/mol. The minimum Gasteiger partial charge on any atom is -0.494 e. The van der Waals surface area contributed by atoms with Gasteiger partial charge in [-0.3, -0.25) is 9.36 Å². The topological polar surface area (TPSA) is 69.0 Å². The van der Waals surface area contributed by atoms with Gasteiger partial charge in [0.2, 0.25) is 5.91 Å². The number of nitrogens with zero attached hydrogens (tertiary/aromatic N) is 3. The molecule has 0 aliphatic heterocycles. The van der Waals surface area contributed by atoms with Gasteiger partial charge in [0.05, 0.1) is 18.0 Å². The highest BCUT2D eigenvalue weighted by Crippen LogP contribution is 2.30. The van der Waals surface area contributed by atoms with Crippen LogP contribution in [0.5, 0.6) is 5.75 Å². The number of carbonyl (C=O) groups excluding carboxylic acids is 1. The molecule has 0 aliphatic carbocycles. The minimum atomic E-state index is -0.403. The van der Waals surface area contributed by atoms with Crippen LogP contribution in [-0.4, -0.2) is 33.0 Å². The molecule has 168 valence electrons. The van der Waals surface area contributed by atoms with Gasteiger partial charge in [0.15, 0.2) is 11.0 Å². The van der Waals surface area contributed by atoms with Crippen LogP contribution in [0.25, 0.3) is 17.1 Å². The van der Waals surface area contributed by atoms with E-state index in [1.807, 2.05) is 61.5 Å². The van der Waals surface area contributed by atoms with Crippen LogP contribution in [0.15, 0.2) is 84.0 Å². The zero-order chi connectivity index (χ0) is 23.0. The SMILES string of the molecule is CCOc1ccc(-c2nnc(SCC(=O)NCc3ccccc3)n2-c2ccccc2F)cc1. The van der Waals surface area contributed by atoms with E-state index < -0.39 is 5.82 Å². The Labute approximate surface area is 195 Å². The summed E-state index contributed by atoms with van der Waals surface area (Å²) in [7, 11) is 0. The Kier molecular flexibility index (Phi) is 7.36. The molecule has 0 radical (unpaired) electrons. The fourth-order valence-corrected chi connectivity index (χ4v) is 4.02. The van der Waals surface area contributed by atoms with E-state index >= 15 is 0 Å². The summed E-state index contributed by atoms with van der Waals surface area (Å²) in [5, 5.41) is 11.9. The molecule has 3 aromatic carbocycles. The van der Waals surface area contributed by atoms with Gasteiger partial charge in [0.25, 0.3) is 0 Å². The Morgan fingerprint density at radius 1 is 1.00 bits per heavy atom. The lowest BCUT2D eigenvalue weighted by Crippen LogP contribution is -2.24. The number of hydrogen-bond donors (Lipinski definition) is 1. The summed E-state index contributed by atoms with van der Waals surface area (Å²) in [4.78, 5) is 12.4. The Balaban J connectivity index is 1.56. The molecular formula is C25H23FN4O2S. The molecule has 0 bridgehead atoms. The number of para-hydroxylation sites is 1. The zero-order valence-corrected chi connectivity index (χ0v) is 18.9. The van der Waals surface area contributed by atoms with Crippen LogP contribution in [0.3, 0.4) is 0 Å². The van der Waals surface area contributed by atoms with Crippen LogP contribution >= 0.6 is 11.8 Å². The van der Waals surface area contributed by atoms with Crippen molar-refractivity contribution < 1.29 is 13.9 Å². The summed E-state index contributed by atoms with van der Waals surface area (Å²) in [6, 6.07) is 23.5. The van der Waals surface area contributed by atoms with E-state index in [0.29, 0.717) is 29.8 Å². The number of carbonyl (C=O) groups is 1. The lowest BCUT2D eigenvalue weighted by atomic mass is 10.2. The molecule has 0 atom stereocenters. The largest absolute Gasteiger partial charge is 0.494 e. The Hall–Kier alpha value is -3.65. The fraction of sp³-hybridized carbons (Fsp3) is 0.160. The molecule has 1 N–H and O–H groups in total. The average Bonchev–Trinajstić information content (AvgIpc) is 3.27. The van der Waals surface area contributed by atoms with Crippen molar-refractivity contribution >= 4 is 17.7 Å². The Morgan fingerprint density at radius 3 is 2.45 bits per heavy atom. The molecule has 0 saturated carbocycles. The van der Waals surface area contributed by atoms with Gasteiger partial charge >= 0.3 is 0 Å². The predicted molar refractivity (Wildman–Crippen MR) is 127 cm³/mol. The molecule has 0 saturated heterocycles. The molecule has 6 nitrogen and oxygen atoms in total.